The third-order valence-electron chi connectivity index (χ3n) is 4.59. The second kappa shape index (κ2) is 9.32. The number of carbonyl (C=O) groups excluding carboxylic acids is 1. The van der Waals surface area contributed by atoms with Gasteiger partial charge in [-0.3, -0.25) is 4.79 Å². The average molecular weight is 425 g/mol. The van der Waals surface area contributed by atoms with Crippen LogP contribution in [0.5, 0.6) is 0 Å². The Hall–Kier alpha value is -2.52. The van der Waals surface area contributed by atoms with Gasteiger partial charge in [-0.25, -0.2) is 13.8 Å². The van der Waals surface area contributed by atoms with E-state index in [9.17, 15) is 13.6 Å². The minimum Gasteiger partial charge on any atom is -0.353 e. The number of halogens is 3. The number of hydrogen-bond acceptors (Lipinski definition) is 6. The van der Waals surface area contributed by atoms with Crippen LogP contribution in [0.15, 0.2) is 24.4 Å². The molecule has 0 spiro atoms. The van der Waals surface area contributed by atoms with Crippen LogP contribution in [0.25, 0.3) is 0 Å². The molecule has 2 aromatic rings. The Morgan fingerprint density at radius 2 is 2.10 bits per heavy atom. The Morgan fingerprint density at radius 3 is 2.79 bits per heavy atom. The molecule has 1 aromatic carbocycles. The number of amides is 1. The van der Waals surface area contributed by atoms with E-state index in [0.29, 0.717) is 36.4 Å². The summed E-state index contributed by atoms with van der Waals surface area (Å²) in [5, 5.41) is 6.24. The molecule has 0 bridgehead atoms. The van der Waals surface area contributed by atoms with Gasteiger partial charge >= 0.3 is 0 Å². The molecular formula is C19H23ClF2N6O. The number of nitrogens with one attached hydrogen (secondary N) is 2. The quantitative estimate of drug-likeness (QED) is 0.676. The van der Waals surface area contributed by atoms with Crippen LogP contribution in [0.4, 0.5) is 20.5 Å². The molecule has 1 amide bonds. The third kappa shape index (κ3) is 5.51. The number of nitrogens with zero attached hydrogens (tertiary/aromatic N) is 4. The Morgan fingerprint density at radius 1 is 1.34 bits per heavy atom. The third-order valence-corrected chi connectivity index (χ3v) is 4.85. The van der Waals surface area contributed by atoms with Crippen LogP contribution in [0.3, 0.4) is 0 Å². The van der Waals surface area contributed by atoms with Gasteiger partial charge in [0.25, 0.3) is 0 Å². The summed E-state index contributed by atoms with van der Waals surface area (Å²) in [7, 11) is 3.96. The van der Waals surface area contributed by atoms with Crippen LogP contribution in [-0.2, 0) is 11.3 Å². The highest BCUT2D eigenvalue weighted by Gasteiger charge is 2.34. The molecule has 1 fully saturated rings. The van der Waals surface area contributed by atoms with E-state index >= 15 is 0 Å². The molecule has 29 heavy (non-hydrogen) atoms. The first-order valence-corrected chi connectivity index (χ1v) is 9.59. The molecule has 7 nitrogen and oxygen atoms in total. The maximum atomic E-state index is 13.7. The summed E-state index contributed by atoms with van der Waals surface area (Å²) in [6.45, 7) is 2.44. The number of carbonyl (C=O) groups is 1. The maximum Gasteiger partial charge on any atom is 0.226 e. The van der Waals surface area contributed by atoms with Crippen LogP contribution < -0.4 is 15.5 Å². The molecule has 1 aliphatic rings. The molecule has 1 aromatic heterocycles. The van der Waals surface area contributed by atoms with Crippen LogP contribution in [0, 0.1) is 17.6 Å². The van der Waals surface area contributed by atoms with Gasteiger partial charge in [-0.2, -0.15) is 4.98 Å². The molecule has 2 N–H and O–H groups in total. The number of hydrogen-bond donors (Lipinski definition) is 2. The van der Waals surface area contributed by atoms with Gasteiger partial charge < -0.3 is 20.4 Å². The summed E-state index contributed by atoms with van der Waals surface area (Å²) in [4.78, 5) is 24.8. The van der Waals surface area contributed by atoms with Crippen molar-refractivity contribution >= 4 is 29.3 Å². The molecule has 1 aliphatic heterocycles. The molecule has 0 saturated carbocycles. The fourth-order valence-electron chi connectivity index (χ4n) is 2.87. The highest BCUT2D eigenvalue weighted by Crippen LogP contribution is 2.30. The molecule has 3 rings (SSSR count). The van der Waals surface area contributed by atoms with Crippen molar-refractivity contribution in [1.29, 1.82) is 0 Å². The Kier molecular flexibility index (Phi) is 6.81. The van der Waals surface area contributed by atoms with Crippen molar-refractivity contribution in [3.63, 3.8) is 0 Å². The van der Waals surface area contributed by atoms with Gasteiger partial charge in [-0.15, -0.1) is 0 Å². The van der Waals surface area contributed by atoms with Crippen LogP contribution in [-0.4, -0.2) is 61.0 Å². The van der Waals surface area contributed by atoms with Crippen LogP contribution >= 0.6 is 11.6 Å². The van der Waals surface area contributed by atoms with Crippen LogP contribution in [0.1, 0.15) is 5.56 Å². The monoisotopic (exact) mass is 424 g/mol. The van der Waals surface area contributed by atoms with Crippen molar-refractivity contribution in [2.24, 2.45) is 5.92 Å². The van der Waals surface area contributed by atoms with Crippen molar-refractivity contribution in [3.8, 4) is 0 Å². The van der Waals surface area contributed by atoms with Gasteiger partial charge in [0.15, 0.2) is 5.82 Å². The fourth-order valence-corrected chi connectivity index (χ4v) is 3.08. The summed E-state index contributed by atoms with van der Waals surface area (Å²) in [6, 6.07) is 3.29. The first-order valence-electron chi connectivity index (χ1n) is 9.21. The summed E-state index contributed by atoms with van der Waals surface area (Å²) >= 11 is 6.21. The molecule has 156 valence electrons. The zero-order valence-corrected chi connectivity index (χ0v) is 17.0. The van der Waals surface area contributed by atoms with Crippen molar-refractivity contribution in [2.45, 2.75) is 6.54 Å². The molecule has 0 aliphatic carbocycles. The van der Waals surface area contributed by atoms with E-state index in [1.807, 2.05) is 23.9 Å². The second-order valence-corrected chi connectivity index (χ2v) is 7.56. The van der Waals surface area contributed by atoms with E-state index in [-0.39, 0.29) is 23.9 Å². The van der Waals surface area contributed by atoms with E-state index in [0.717, 1.165) is 18.7 Å². The minimum absolute atomic E-state index is 0.00958. The van der Waals surface area contributed by atoms with Crippen molar-refractivity contribution < 1.29 is 13.6 Å². The highest BCUT2D eigenvalue weighted by molar-refractivity contribution is 6.32. The molecule has 1 saturated heterocycles. The Labute approximate surface area is 173 Å². The van der Waals surface area contributed by atoms with Gasteiger partial charge in [0.05, 0.1) is 12.1 Å². The maximum absolute atomic E-state index is 13.7. The lowest BCUT2D eigenvalue weighted by molar-refractivity contribution is -0.125. The lowest BCUT2D eigenvalue weighted by Gasteiger charge is -2.39. The minimum atomic E-state index is -0.678. The molecular weight excluding hydrogens is 402 g/mol. The Balaban J connectivity index is 1.51. The summed E-state index contributed by atoms with van der Waals surface area (Å²) in [6.07, 6.45) is 1.53. The summed E-state index contributed by atoms with van der Waals surface area (Å²) in [5.74, 6) is -0.727. The van der Waals surface area contributed by atoms with Gasteiger partial charge in [0, 0.05) is 44.4 Å². The van der Waals surface area contributed by atoms with E-state index in [1.165, 1.54) is 12.3 Å². The number of aromatic nitrogens is 2. The van der Waals surface area contributed by atoms with E-state index in [2.05, 4.69) is 20.6 Å². The first kappa shape index (κ1) is 21.2. The first-order chi connectivity index (χ1) is 13.8. The fraction of sp³-hybridized carbons (Fsp3) is 0.421. The van der Waals surface area contributed by atoms with Crippen LogP contribution in [0.2, 0.25) is 5.02 Å². The van der Waals surface area contributed by atoms with Gasteiger partial charge in [-0.05, 0) is 20.2 Å². The lowest BCUT2D eigenvalue weighted by atomic mass is 9.99. The average Bonchev–Trinajstić information content (AvgIpc) is 2.62. The Bertz CT molecular complexity index is 876. The van der Waals surface area contributed by atoms with Gasteiger partial charge in [0.1, 0.15) is 16.7 Å². The largest absolute Gasteiger partial charge is 0.353 e. The number of rotatable bonds is 8. The number of anilines is 2. The molecule has 10 heteroatoms. The molecule has 0 atom stereocenters. The molecule has 2 heterocycles. The SMILES string of the molecule is CN(C)CCNc1ncc(Cl)c(N2CC(C(=O)NCc3ccc(F)cc3F)C2)n1. The van der Waals surface area contributed by atoms with E-state index in [1.54, 1.807) is 0 Å². The van der Waals surface area contributed by atoms with Crippen molar-refractivity contribution in [2.75, 3.05) is 50.5 Å². The summed E-state index contributed by atoms with van der Waals surface area (Å²) < 4.78 is 26.6. The predicted molar refractivity (Wildman–Crippen MR) is 108 cm³/mol. The van der Waals surface area contributed by atoms with Crippen molar-refractivity contribution in [3.05, 3.63) is 46.6 Å². The highest BCUT2D eigenvalue weighted by atomic mass is 35.5. The normalized spacial score (nSPS) is 14.1. The second-order valence-electron chi connectivity index (χ2n) is 7.15. The predicted octanol–water partition coefficient (Wildman–Crippen LogP) is 2.13. The van der Waals surface area contributed by atoms with E-state index in [4.69, 9.17) is 11.6 Å². The zero-order valence-electron chi connectivity index (χ0n) is 16.3. The zero-order chi connectivity index (χ0) is 21.0. The van der Waals surface area contributed by atoms with E-state index < -0.39 is 11.6 Å². The topological polar surface area (TPSA) is 73.4 Å². The number of likely N-dealkylation sites (N-methyl/N-ethyl adjacent to an activating group) is 1. The van der Waals surface area contributed by atoms with Crippen molar-refractivity contribution in [1.82, 2.24) is 20.2 Å². The smallest absolute Gasteiger partial charge is 0.226 e. The lowest BCUT2D eigenvalue weighted by Crippen LogP contribution is -2.54. The van der Waals surface area contributed by atoms with Gasteiger partial charge in [0.2, 0.25) is 11.9 Å². The summed E-state index contributed by atoms with van der Waals surface area (Å²) in [5.41, 5.74) is 0.239. The standard InChI is InChI=1S/C19H23ClF2N6O/c1-27(2)6-5-23-19-25-9-15(20)17(26-19)28-10-13(11-28)18(29)24-8-12-3-4-14(21)7-16(12)22/h3-4,7,9,13H,5-6,8,10-11H2,1-2H3,(H,24,29)(H,23,25,26). The molecule has 0 unspecified atom stereocenters. The molecule has 0 radical (unpaired) electrons. The van der Waals surface area contributed by atoms with Gasteiger partial charge in [-0.1, -0.05) is 17.7 Å². The number of benzene rings is 1.